The van der Waals surface area contributed by atoms with Crippen molar-refractivity contribution < 1.29 is 265 Å². The zero-order chi connectivity index (χ0) is 44.2. The summed E-state index contributed by atoms with van der Waals surface area (Å²) < 4.78 is 136. The van der Waals surface area contributed by atoms with E-state index in [4.69, 9.17) is 70.1 Å². The van der Waals surface area contributed by atoms with Gasteiger partial charge in [0, 0.05) is 41.6 Å². The maximum atomic E-state index is 8.52. The molecule has 8 unspecified atom stereocenters. The normalized spacial score (nSPS) is 37.9. The van der Waals surface area contributed by atoms with Crippen molar-refractivity contribution in [1.82, 2.24) is 42.5 Å². The summed E-state index contributed by atoms with van der Waals surface area (Å²) in [6.45, 7) is 0. The molecule has 8 bridgehead atoms. The van der Waals surface area contributed by atoms with Gasteiger partial charge in [-0.05, 0) is 98.7 Å². The molecule has 9 fully saturated rings. The third-order valence-electron chi connectivity index (χ3n) is 13.8. The molecule has 5 aliphatic heterocycles. The molecule has 0 spiro atoms. The van der Waals surface area contributed by atoms with E-state index in [1.165, 1.54) is 103 Å². The molecule has 5 saturated heterocycles. The standard InChI is InChI=1S/C32H56N8.Cu.6Na.4H2O4S/c1-2-10-18-17(9-1)25-33-26(18)38-28-21-13-5-6-14-22(21)30(35-28)40-32-24-16-8-7-15-23(24)31(36-32)39-29-20-12-4-3-11-19(20)27(34-29)37-25;;;;;;;;4*1-5(2,3)4/h17-40H,1-16H2;;;;;;;;4*(H2,1,2,3,4)/q;+2;6*+1;;;;/p-8. The van der Waals surface area contributed by atoms with E-state index in [9.17, 15) is 0 Å². The molecule has 8 atom stereocenters. The monoisotopic (exact) mass is 1140 g/mol. The number of nitrogens with one attached hydrogen (secondary N) is 8. The Hall–Kier alpha value is 5.68. The van der Waals surface area contributed by atoms with Crippen LogP contribution < -0.4 is 220 Å². The van der Waals surface area contributed by atoms with Crippen molar-refractivity contribution in [2.45, 2.75) is 152 Å². The molecule has 8 N–H and O–H groups in total. The number of fused-ring (bicyclic) bond motifs is 20. The van der Waals surface area contributed by atoms with Gasteiger partial charge in [-0.3, -0.25) is 76.2 Å². The second-order valence-corrected chi connectivity index (χ2v) is 20.5. The first-order valence-electron chi connectivity index (χ1n) is 20.6. The first-order valence-corrected chi connectivity index (χ1v) is 25.9. The average molecular weight is 1140 g/mol. The fourth-order valence-corrected chi connectivity index (χ4v) is 12.0. The molecule has 9 rings (SSSR count). The first kappa shape index (κ1) is 76.9. The summed E-state index contributed by atoms with van der Waals surface area (Å²) in [6, 6.07) is 0. The molecule has 0 aromatic carbocycles. The SMILES string of the molecule is C1CCC2C3NC(NC4NC(NC5NC(NC6NC(N3)C3CCCCC63)C3CCCCC53)C3CCCCC43)C2C1.O=S(=O)([O-])[O-].O=S(=O)([O-])[O-].O=S(=O)([O-])[O-].O=S(=O)([O-])[O-].[Cu+2].[Na+].[Na+].[Na+].[Na+].[Na+].[Na+]. The first-order chi connectivity index (χ1) is 27.8. The van der Waals surface area contributed by atoms with Crippen molar-refractivity contribution in [1.29, 1.82) is 0 Å². The summed E-state index contributed by atoms with van der Waals surface area (Å²) in [4.78, 5) is 0. The molecule has 0 aromatic rings. The van der Waals surface area contributed by atoms with E-state index < -0.39 is 41.6 Å². The van der Waals surface area contributed by atoms with E-state index in [1.54, 1.807) is 0 Å². The molecule has 4 saturated carbocycles. The van der Waals surface area contributed by atoms with E-state index in [2.05, 4.69) is 42.5 Å². The number of hydrogen-bond acceptors (Lipinski definition) is 24. The Morgan fingerprint density at radius 2 is 0.313 bits per heavy atom. The fourth-order valence-electron chi connectivity index (χ4n) is 12.0. The fraction of sp³-hybridized carbons (Fsp3) is 1.00. The summed E-state index contributed by atoms with van der Waals surface area (Å²) in [5.41, 5.74) is 0. The Bertz CT molecular complexity index is 1530. The second-order valence-electron chi connectivity index (χ2n) is 17.2. The van der Waals surface area contributed by atoms with Gasteiger partial charge in [0.05, 0.1) is 49.3 Å². The van der Waals surface area contributed by atoms with Crippen molar-refractivity contribution >= 4 is 41.6 Å². The molecular weight excluding hydrogens is 1080 g/mol. The molecule has 5 heterocycles. The van der Waals surface area contributed by atoms with Gasteiger partial charge in [-0.1, -0.05) is 51.4 Å². The zero-order valence-electron chi connectivity index (χ0n) is 39.0. The van der Waals surface area contributed by atoms with Gasteiger partial charge >= 0.3 is 194 Å². The quantitative estimate of drug-likeness (QED) is 0.0634. The molecule has 9 aliphatic rings. The van der Waals surface area contributed by atoms with Crippen LogP contribution in [0.25, 0.3) is 0 Å². The molecule has 4 aliphatic carbocycles. The minimum absolute atomic E-state index is 0. The maximum absolute atomic E-state index is 8.52. The topological polar surface area (TPSA) is 417 Å². The molecule has 361 valence electrons. The molecule has 0 amide bonds. The van der Waals surface area contributed by atoms with Crippen LogP contribution in [0.4, 0.5) is 0 Å². The van der Waals surface area contributed by atoms with Crippen molar-refractivity contribution in [3.63, 3.8) is 0 Å². The van der Waals surface area contributed by atoms with Crippen LogP contribution in [0.3, 0.4) is 0 Å². The number of rotatable bonds is 0. The minimum atomic E-state index is -5.17. The summed E-state index contributed by atoms with van der Waals surface area (Å²) in [5.74, 6) is 5.97. The van der Waals surface area contributed by atoms with Crippen LogP contribution in [0, 0.1) is 47.3 Å². The van der Waals surface area contributed by atoms with Crippen molar-refractivity contribution in [3.8, 4) is 0 Å². The van der Waals surface area contributed by atoms with Gasteiger partial charge in [0.15, 0.2) is 0 Å². The molecule has 35 heteroatoms. The molecule has 1 radical (unpaired) electrons. The van der Waals surface area contributed by atoms with E-state index in [0.29, 0.717) is 49.3 Å². The summed E-state index contributed by atoms with van der Waals surface area (Å²) in [6.07, 6.45) is 25.6. The van der Waals surface area contributed by atoms with Crippen molar-refractivity contribution in [3.05, 3.63) is 0 Å². The molecule has 67 heavy (non-hydrogen) atoms. The van der Waals surface area contributed by atoms with Crippen molar-refractivity contribution in [2.24, 2.45) is 47.3 Å². The Kier molecular flexibility index (Phi) is 39.8. The molecular formula is C32H56CuN8Na6O16S4. The third kappa shape index (κ3) is 26.9. The van der Waals surface area contributed by atoms with Gasteiger partial charge in [-0.25, -0.2) is 0 Å². The van der Waals surface area contributed by atoms with Crippen LogP contribution >= 0.6 is 0 Å². The second kappa shape index (κ2) is 34.6. The van der Waals surface area contributed by atoms with E-state index in [0.717, 1.165) is 47.3 Å². The van der Waals surface area contributed by atoms with Crippen LogP contribution in [-0.4, -0.2) is 119 Å². The smallest absolute Gasteiger partial charge is 0.759 e. The van der Waals surface area contributed by atoms with Crippen LogP contribution in [0.15, 0.2) is 0 Å². The maximum Gasteiger partial charge on any atom is 2.00 e. The van der Waals surface area contributed by atoms with Crippen LogP contribution in [0.2, 0.25) is 0 Å². The predicted octanol–water partition coefficient (Wildman–Crippen LogP) is -20.7. The predicted molar refractivity (Wildman–Crippen MR) is 199 cm³/mol. The summed E-state index contributed by atoms with van der Waals surface area (Å²) >= 11 is 0. The van der Waals surface area contributed by atoms with Gasteiger partial charge in [0.25, 0.3) is 0 Å². The minimum Gasteiger partial charge on any atom is -0.759 e. The Morgan fingerprint density at radius 1 is 0.239 bits per heavy atom. The van der Waals surface area contributed by atoms with Crippen LogP contribution in [-0.2, 0) is 58.7 Å². The third-order valence-corrected chi connectivity index (χ3v) is 13.8. The van der Waals surface area contributed by atoms with E-state index in [1.807, 2.05) is 0 Å². The Labute approximate surface area is 539 Å². The molecule has 0 aromatic heterocycles. The van der Waals surface area contributed by atoms with Gasteiger partial charge < -0.3 is 36.4 Å². The van der Waals surface area contributed by atoms with E-state index in [-0.39, 0.29) is 194 Å². The largest absolute Gasteiger partial charge is 2.00 e. The molecule has 24 nitrogen and oxygen atoms in total. The van der Waals surface area contributed by atoms with Gasteiger partial charge in [0.2, 0.25) is 0 Å². The average Bonchev–Trinajstić information content (AvgIpc) is 3.85. The Balaban J connectivity index is -0.00000130. The van der Waals surface area contributed by atoms with Crippen molar-refractivity contribution in [2.75, 3.05) is 0 Å². The van der Waals surface area contributed by atoms with Crippen LogP contribution in [0.5, 0.6) is 0 Å². The zero-order valence-corrected chi connectivity index (χ0v) is 55.2. The van der Waals surface area contributed by atoms with Gasteiger partial charge in [-0.15, -0.1) is 0 Å². The van der Waals surface area contributed by atoms with Gasteiger partial charge in [-0.2, -0.15) is 0 Å². The summed E-state index contributed by atoms with van der Waals surface area (Å²) in [5, 5.41) is 33.8. The Morgan fingerprint density at radius 3 is 0.388 bits per heavy atom. The van der Waals surface area contributed by atoms with Gasteiger partial charge in [0.1, 0.15) is 0 Å². The van der Waals surface area contributed by atoms with Crippen LogP contribution in [0.1, 0.15) is 103 Å². The number of hydrogen-bond donors (Lipinski definition) is 8. The van der Waals surface area contributed by atoms with E-state index >= 15 is 0 Å². The summed E-state index contributed by atoms with van der Waals surface area (Å²) in [7, 11) is -20.7.